The molecule has 0 radical (unpaired) electrons. The number of carbonyl (C=O) groups is 2. The maximum atomic E-state index is 11.2. The van der Waals surface area contributed by atoms with Crippen LogP contribution in [0.4, 0.5) is 0 Å². The minimum atomic E-state index is -1.07. The highest BCUT2D eigenvalue weighted by molar-refractivity contribution is 5.93. The van der Waals surface area contributed by atoms with Gasteiger partial charge in [0.15, 0.2) is 0 Å². The Labute approximate surface area is 104 Å². The van der Waals surface area contributed by atoms with E-state index in [2.05, 4.69) is 12.2 Å². The van der Waals surface area contributed by atoms with Gasteiger partial charge in [-0.3, -0.25) is 9.59 Å². The molecule has 1 fully saturated rings. The van der Waals surface area contributed by atoms with Gasteiger partial charge in [0.05, 0.1) is 0 Å². The molecule has 0 aromatic carbocycles. The largest absolute Gasteiger partial charge is 0.480 e. The Morgan fingerprint density at radius 3 is 2.89 bits per heavy atom. The quantitative estimate of drug-likeness (QED) is 0.777. The summed E-state index contributed by atoms with van der Waals surface area (Å²) in [6.07, 6.45) is 3.95. The van der Waals surface area contributed by atoms with Gasteiger partial charge in [-0.25, -0.2) is 0 Å². The first kappa shape index (κ1) is 12.4. The molecule has 1 aromatic rings. The molecule has 18 heavy (non-hydrogen) atoms. The Morgan fingerprint density at radius 2 is 2.28 bits per heavy atom. The molecular formula is C13H15NO4. The highest BCUT2D eigenvalue weighted by Crippen LogP contribution is 2.47. The summed E-state index contributed by atoms with van der Waals surface area (Å²) in [6.45, 7) is 1.79. The summed E-state index contributed by atoms with van der Waals surface area (Å²) in [5, 5.41) is 10.6. The van der Waals surface area contributed by atoms with Crippen LogP contribution in [-0.2, 0) is 9.59 Å². The van der Waals surface area contributed by atoms with Crippen LogP contribution in [0.25, 0.3) is 6.08 Å². The molecule has 2 rings (SSSR count). The first-order valence-corrected chi connectivity index (χ1v) is 5.83. The third-order valence-corrected chi connectivity index (χ3v) is 2.94. The van der Waals surface area contributed by atoms with E-state index < -0.39 is 11.9 Å². The number of hydrogen-bond donors (Lipinski definition) is 2. The molecule has 1 aliphatic carbocycles. The van der Waals surface area contributed by atoms with Crippen molar-refractivity contribution in [1.82, 2.24) is 5.32 Å². The van der Waals surface area contributed by atoms with E-state index in [4.69, 9.17) is 9.52 Å². The molecule has 5 nitrogen and oxygen atoms in total. The van der Waals surface area contributed by atoms with Crippen LogP contribution in [0.3, 0.4) is 0 Å². The maximum Gasteiger partial charge on any atom is 0.322 e. The Kier molecular flexibility index (Phi) is 3.50. The smallest absolute Gasteiger partial charge is 0.322 e. The summed E-state index contributed by atoms with van der Waals surface area (Å²) in [5.74, 6) is 1.22. The van der Waals surface area contributed by atoms with Crippen LogP contribution in [0.15, 0.2) is 22.6 Å². The van der Waals surface area contributed by atoms with Gasteiger partial charge in [0.1, 0.15) is 18.1 Å². The van der Waals surface area contributed by atoms with E-state index in [0.29, 0.717) is 17.6 Å². The zero-order valence-electron chi connectivity index (χ0n) is 10.1. The number of nitrogens with one attached hydrogen (secondary N) is 1. The summed E-state index contributed by atoms with van der Waals surface area (Å²) >= 11 is 0. The molecule has 1 aliphatic rings. The van der Waals surface area contributed by atoms with Crippen molar-refractivity contribution < 1.29 is 19.1 Å². The average Bonchev–Trinajstić information content (AvgIpc) is 2.88. The van der Waals surface area contributed by atoms with Crippen molar-refractivity contribution in [2.75, 3.05) is 6.54 Å². The topological polar surface area (TPSA) is 79.5 Å². The average molecular weight is 249 g/mol. The fourth-order valence-electron chi connectivity index (χ4n) is 1.76. The molecule has 0 spiro atoms. The van der Waals surface area contributed by atoms with Crippen LogP contribution >= 0.6 is 0 Å². The number of furan rings is 1. The zero-order chi connectivity index (χ0) is 13.1. The van der Waals surface area contributed by atoms with Gasteiger partial charge in [0.25, 0.3) is 0 Å². The Hall–Kier alpha value is -2.04. The number of hydrogen-bond acceptors (Lipinski definition) is 3. The third-order valence-electron chi connectivity index (χ3n) is 2.94. The van der Waals surface area contributed by atoms with Crippen molar-refractivity contribution in [2.45, 2.75) is 19.3 Å². The molecule has 2 unspecified atom stereocenters. The van der Waals surface area contributed by atoms with Crippen LogP contribution in [0.1, 0.15) is 30.8 Å². The molecule has 0 bridgehead atoms. The van der Waals surface area contributed by atoms with Gasteiger partial charge in [0, 0.05) is 12.0 Å². The predicted molar refractivity (Wildman–Crippen MR) is 64.9 cm³/mol. The minimum Gasteiger partial charge on any atom is -0.480 e. The van der Waals surface area contributed by atoms with Crippen LogP contribution in [0, 0.1) is 5.92 Å². The van der Waals surface area contributed by atoms with Gasteiger partial charge in [0.2, 0.25) is 5.91 Å². The lowest BCUT2D eigenvalue weighted by molar-refractivity contribution is -0.137. The third kappa shape index (κ3) is 3.23. The van der Waals surface area contributed by atoms with Gasteiger partial charge in [-0.1, -0.05) is 6.92 Å². The molecule has 0 aliphatic heterocycles. The first-order chi connectivity index (χ1) is 8.56. The lowest BCUT2D eigenvalue weighted by Crippen LogP contribution is -2.27. The molecule has 2 N–H and O–H groups in total. The monoisotopic (exact) mass is 249 g/mol. The Balaban J connectivity index is 1.86. The molecule has 1 saturated carbocycles. The second-order valence-corrected chi connectivity index (χ2v) is 4.50. The van der Waals surface area contributed by atoms with E-state index in [-0.39, 0.29) is 6.54 Å². The lowest BCUT2D eigenvalue weighted by Gasteiger charge is -1.95. The fraction of sp³-hybridized carbons (Fsp3) is 0.385. The van der Waals surface area contributed by atoms with Crippen LogP contribution in [-0.4, -0.2) is 23.5 Å². The van der Waals surface area contributed by atoms with Crippen molar-refractivity contribution in [3.8, 4) is 0 Å². The summed E-state index contributed by atoms with van der Waals surface area (Å²) in [4.78, 5) is 21.5. The number of amides is 1. The normalized spacial score (nSPS) is 22.1. The Bertz CT molecular complexity index is 489. The van der Waals surface area contributed by atoms with Gasteiger partial charge < -0.3 is 14.8 Å². The lowest BCUT2D eigenvalue weighted by atomic mass is 10.3. The summed E-state index contributed by atoms with van der Waals surface area (Å²) < 4.78 is 5.57. The SMILES string of the molecule is CC1CC1c1ccc(/C=C/C(=O)NCC(=O)O)o1. The molecule has 5 heteroatoms. The van der Waals surface area contributed by atoms with E-state index in [1.54, 1.807) is 6.07 Å². The highest BCUT2D eigenvalue weighted by Gasteiger charge is 2.36. The number of carboxylic acid groups (broad SMARTS) is 1. The van der Waals surface area contributed by atoms with E-state index in [9.17, 15) is 9.59 Å². The summed E-state index contributed by atoms with van der Waals surface area (Å²) in [5.41, 5.74) is 0. The van der Waals surface area contributed by atoms with E-state index in [0.717, 1.165) is 12.2 Å². The number of carboxylic acids is 1. The van der Waals surface area contributed by atoms with Gasteiger partial charge in [-0.05, 0) is 30.5 Å². The molecule has 96 valence electrons. The van der Waals surface area contributed by atoms with Gasteiger partial charge >= 0.3 is 5.97 Å². The van der Waals surface area contributed by atoms with Gasteiger partial charge in [-0.2, -0.15) is 0 Å². The van der Waals surface area contributed by atoms with Crippen molar-refractivity contribution in [3.05, 3.63) is 29.7 Å². The van der Waals surface area contributed by atoms with E-state index >= 15 is 0 Å². The molecule has 0 saturated heterocycles. The van der Waals surface area contributed by atoms with Gasteiger partial charge in [-0.15, -0.1) is 0 Å². The second-order valence-electron chi connectivity index (χ2n) is 4.50. The molecule has 2 atom stereocenters. The van der Waals surface area contributed by atoms with Crippen LogP contribution in [0.2, 0.25) is 0 Å². The standard InChI is InChI=1S/C13H15NO4/c1-8-6-10(8)11-4-2-9(18-11)3-5-12(15)14-7-13(16)17/h2-5,8,10H,6-7H2,1H3,(H,14,15)(H,16,17)/b5-3+. The van der Waals surface area contributed by atoms with Crippen molar-refractivity contribution >= 4 is 18.0 Å². The zero-order valence-corrected chi connectivity index (χ0v) is 10.1. The molecule has 1 aromatic heterocycles. The molecule has 1 heterocycles. The van der Waals surface area contributed by atoms with E-state index in [1.165, 1.54) is 12.2 Å². The second kappa shape index (κ2) is 5.08. The maximum absolute atomic E-state index is 11.2. The summed E-state index contributed by atoms with van der Waals surface area (Å²) in [7, 11) is 0. The first-order valence-electron chi connectivity index (χ1n) is 5.83. The fourth-order valence-corrected chi connectivity index (χ4v) is 1.76. The minimum absolute atomic E-state index is 0.383. The predicted octanol–water partition coefficient (Wildman–Crippen LogP) is 1.62. The highest BCUT2D eigenvalue weighted by atomic mass is 16.4. The van der Waals surface area contributed by atoms with Crippen molar-refractivity contribution in [1.29, 1.82) is 0 Å². The molecular weight excluding hydrogens is 234 g/mol. The van der Waals surface area contributed by atoms with E-state index in [1.807, 2.05) is 6.07 Å². The number of rotatable bonds is 5. The summed E-state index contributed by atoms with van der Waals surface area (Å²) in [6, 6.07) is 3.73. The Morgan fingerprint density at radius 1 is 1.56 bits per heavy atom. The number of aliphatic carboxylic acids is 1. The number of carbonyl (C=O) groups excluding carboxylic acids is 1. The molecule has 1 amide bonds. The van der Waals surface area contributed by atoms with Crippen molar-refractivity contribution in [2.24, 2.45) is 5.92 Å². The van der Waals surface area contributed by atoms with Crippen LogP contribution in [0.5, 0.6) is 0 Å². The van der Waals surface area contributed by atoms with Crippen molar-refractivity contribution in [3.63, 3.8) is 0 Å². The van der Waals surface area contributed by atoms with Crippen LogP contribution < -0.4 is 5.32 Å².